The van der Waals surface area contributed by atoms with Crippen LogP contribution in [-0.2, 0) is 0 Å². The van der Waals surface area contributed by atoms with Gasteiger partial charge in [0.25, 0.3) is 0 Å². The lowest BCUT2D eigenvalue weighted by molar-refractivity contribution is 0.0911. The predicted molar refractivity (Wildman–Crippen MR) is 66.9 cm³/mol. The summed E-state index contributed by atoms with van der Waals surface area (Å²) < 4.78 is 15.1. The highest BCUT2D eigenvalue weighted by Gasteiger charge is 2.18. The maximum Gasteiger partial charge on any atom is 0.231 e. The van der Waals surface area contributed by atoms with Crippen molar-refractivity contribution in [1.82, 2.24) is 4.57 Å². The van der Waals surface area contributed by atoms with Crippen molar-refractivity contribution >= 4 is 32.7 Å². The molecule has 0 atom stereocenters. The first kappa shape index (κ1) is 12.1. The Hall–Kier alpha value is -1.36. The van der Waals surface area contributed by atoms with Crippen molar-refractivity contribution in [2.24, 2.45) is 0 Å². The minimum Gasteiger partial charge on any atom is -0.505 e. The molecule has 0 aliphatic carbocycles. The predicted octanol–water partition coefficient (Wildman–Crippen LogP) is 3.61. The second-order valence-electron chi connectivity index (χ2n) is 3.80. The molecule has 0 fully saturated rings. The molecule has 0 aliphatic rings. The van der Waals surface area contributed by atoms with Crippen molar-refractivity contribution in [2.45, 2.75) is 20.3 Å². The second-order valence-corrected chi connectivity index (χ2v) is 4.65. The van der Waals surface area contributed by atoms with Crippen molar-refractivity contribution in [2.75, 3.05) is 0 Å². The van der Waals surface area contributed by atoms with Gasteiger partial charge in [0.1, 0.15) is 11.6 Å². The van der Waals surface area contributed by atoms with E-state index in [1.807, 2.05) is 0 Å². The third-order valence-corrected chi connectivity index (χ3v) is 3.37. The minimum absolute atomic E-state index is 0.0480. The zero-order chi connectivity index (χ0) is 12.7. The molecule has 5 heteroatoms. The van der Waals surface area contributed by atoms with Crippen LogP contribution >= 0.6 is 15.9 Å². The molecular weight excluding hydrogens is 289 g/mol. The molecule has 1 aromatic carbocycles. The molecule has 0 amide bonds. The molecule has 2 rings (SSSR count). The summed E-state index contributed by atoms with van der Waals surface area (Å²) in [5.74, 6) is -0.645. The summed E-state index contributed by atoms with van der Waals surface area (Å²) in [7, 11) is 0. The van der Waals surface area contributed by atoms with Crippen molar-refractivity contribution in [3.05, 3.63) is 28.1 Å². The molecule has 0 radical (unpaired) electrons. The van der Waals surface area contributed by atoms with E-state index >= 15 is 0 Å². The third kappa shape index (κ3) is 1.74. The molecule has 90 valence electrons. The van der Waals surface area contributed by atoms with Crippen LogP contribution in [0.15, 0.2) is 16.6 Å². The summed E-state index contributed by atoms with van der Waals surface area (Å²) in [6, 6.07) is 2.73. The van der Waals surface area contributed by atoms with Gasteiger partial charge in [-0.3, -0.25) is 9.36 Å². The number of benzene rings is 1. The third-order valence-electron chi connectivity index (χ3n) is 2.76. The van der Waals surface area contributed by atoms with Gasteiger partial charge >= 0.3 is 0 Å². The van der Waals surface area contributed by atoms with E-state index in [1.54, 1.807) is 13.8 Å². The maximum atomic E-state index is 13.4. The summed E-state index contributed by atoms with van der Waals surface area (Å²) >= 11 is 3.07. The van der Waals surface area contributed by atoms with Crippen LogP contribution in [0.3, 0.4) is 0 Å². The Morgan fingerprint density at radius 1 is 1.53 bits per heavy atom. The molecule has 0 unspecified atom stereocenters. The first-order valence-corrected chi connectivity index (χ1v) is 5.98. The Morgan fingerprint density at radius 3 is 2.76 bits per heavy atom. The Bertz CT molecular complexity index is 619. The number of rotatable bonds is 1. The van der Waals surface area contributed by atoms with Crippen LogP contribution < -0.4 is 0 Å². The standard InChI is InChI=1S/C12H11BrFNO2/c1-3-11(16)15-6(2)12(17)7-4-9(14)8(13)5-10(7)15/h4-5,17H,3H2,1-2H3. The Labute approximate surface area is 106 Å². The van der Waals surface area contributed by atoms with Crippen molar-refractivity contribution < 1.29 is 14.3 Å². The maximum absolute atomic E-state index is 13.4. The normalized spacial score (nSPS) is 11.1. The lowest BCUT2D eigenvalue weighted by Crippen LogP contribution is -2.10. The molecule has 0 saturated heterocycles. The highest BCUT2D eigenvalue weighted by molar-refractivity contribution is 9.10. The molecule has 3 nitrogen and oxygen atoms in total. The van der Waals surface area contributed by atoms with E-state index in [2.05, 4.69) is 15.9 Å². The Kier molecular flexibility index (Phi) is 2.95. The summed E-state index contributed by atoms with van der Waals surface area (Å²) in [5.41, 5.74) is 0.949. The quantitative estimate of drug-likeness (QED) is 0.874. The molecule has 0 saturated carbocycles. The van der Waals surface area contributed by atoms with Gasteiger partial charge in [0, 0.05) is 11.8 Å². The van der Waals surface area contributed by atoms with Gasteiger partial charge in [-0.05, 0) is 35.0 Å². The summed E-state index contributed by atoms with van der Waals surface area (Å²) in [4.78, 5) is 11.8. The van der Waals surface area contributed by atoms with Gasteiger partial charge in [-0.1, -0.05) is 6.92 Å². The first-order chi connectivity index (χ1) is 7.97. The highest BCUT2D eigenvalue weighted by atomic mass is 79.9. The molecule has 1 aromatic heterocycles. The van der Waals surface area contributed by atoms with Gasteiger partial charge < -0.3 is 5.11 Å². The summed E-state index contributed by atoms with van der Waals surface area (Å²) in [6.45, 7) is 3.37. The second kappa shape index (κ2) is 4.14. The fourth-order valence-electron chi connectivity index (χ4n) is 1.87. The molecular formula is C12H11BrFNO2. The van der Waals surface area contributed by atoms with Crippen LogP contribution in [0.1, 0.15) is 23.8 Å². The van der Waals surface area contributed by atoms with Gasteiger partial charge in [0.2, 0.25) is 5.91 Å². The van der Waals surface area contributed by atoms with Gasteiger partial charge in [-0.2, -0.15) is 0 Å². The van der Waals surface area contributed by atoms with E-state index in [9.17, 15) is 14.3 Å². The number of carbonyl (C=O) groups is 1. The highest BCUT2D eigenvalue weighted by Crippen LogP contribution is 2.34. The minimum atomic E-state index is -0.464. The van der Waals surface area contributed by atoms with E-state index in [1.165, 1.54) is 16.7 Å². The van der Waals surface area contributed by atoms with Crippen LogP contribution in [-0.4, -0.2) is 15.6 Å². The van der Waals surface area contributed by atoms with E-state index in [-0.39, 0.29) is 16.1 Å². The monoisotopic (exact) mass is 299 g/mol. The summed E-state index contributed by atoms with van der Waals surface area (Å²) in [6.07, 6.45) is 0.319. The molecule has 1 N–H and O–H groups in total. The van der Waals surface area contributed by atoms with Gasteiger partial charge in [0.05, 0.1) is 15.7 Å². The topological polar surface area (TPSA) is 42.2 Å². The number of halogens is 2. The smallest absolute Gasteiger partial charge is 0.231 e. The number of fused-ring (bicyclic) bond motifs is 1. The summed E-state index contributed by atoms with van der Waals surface area (Å²) in [5, 5.41) is 10.2. The first-order valence-electron chi connectivity index (χ1n) is 5.19. The van der Waals surface area contributed by atoms with Crippen LogP contribution in [0.25, 0.3) is 10.9 Å². The van der Waals surface area contributed by atoms with Gasteiger partial charge in [0.15, 0.2) is 0 Å². The Morgan fingerprint density at radius 2 is 2.18 bits per heavy atom. The SMILES string of the molecule is CCC(=O)n1c(C)c(O)c2cc(F)c(Br)cc21. The largest absolute Gasteiger partial charge is 0.505 e. The fourth-order valence-corrected chi connectivity index (χ4v) is 2.20. The van der Waals surface area contributed by atoms with Crippen LogP contribution in [0.5, 0.6) is 5.75 Å². The van der Waals surface area contributed by atoms with Crippen molar-refractivity contribution in [3.63, 3.8) is 0 Å². The number of hydrogen-bond acceptors (Lipinski definition) is 2. The van der Waals surface area contributed by atoms with Crippen molar-refractivity contribution in [3.8, 4) is 5.75 Å². The lowest BCUT2D eigenvalue weighted by Gasteiger charge is -2.04. The lowest BCUT2D eigenvalue weighted by atomic mass is 10.2. The van der Waals surface area contributed by atoms with E-state index in [4.69, 9.17) is 0 Å². The van der Waals surface area contributed by atoms with Crippen molar-refractivity contribution in [1.29, 1.82) is 0 Å². The van der Waals surface area contributed by atoms with Gasteiger partial charge in [-0.15, -0.1) is 0 Å². The average molecular weight is 300 g/mol. The number of nitrogens with zero attached hydrogens (tertiary/aromatic N) is 1. The van der Waals surface area contributed by atoms with E-state index in [0.29, 0.717) is 23.0 Å². The van der Waals surface area contributed by atoms with Crippen LogP contribution in [0.4, 0.5) is 4.39 Å². The van der Waals surface area contributed by atoms with Gasteiger partial charge in [-0.25, -0.2) is 4.39 Å². The van der Waals surface area contributed by atoms with Crippen LogP contribution in [0.2, 0.25) is 0 Å². The molecule has 0 spiro atoms. The number of carbonyl (C=O) groups excluding carboxylic acids is 1. The number of hydrogen-bond donors (Lipinski definition) is 1. The van der Waals surface area contributed by atoms with Crippen LogP contribution in [0, 0.1) is 12.7 Å². The molecule has 0 aliphatic heterocycles. The number of aromatic hydroxyl groups is 1. The molecule has 1 heterocycles. The molecule has 0 bridgehead atoms. The zero-order valence-electron chi connectivity index (χ0n) is 9.42. The van der Waals surface area contributed by atoms with E-state index in [0.717, 1.165) is 0 Å². The Balaban J connectivity index is 2.89. The average Bonchev–Trinajstić information content (AvgIpc) is 2.53. The molecule has 17 heavy (non-hydrogen) atoms. The fraction of sp³-hybridized carbons (Fsp3) is 0.250. The number of aromatic nitrogens is 1. The van der Waals surface area contributed by atoms with E-state index < -0.39 is 5.82 Å². The zero-order valence-corrected chi connectivity index (χ0v) is 11.0. The molecule has 2 aromatic rings.